The van der Waals surface area contributed by atoms with Crippen LogP contribution in [-0.4, -0.2) is 64.7 Å². The van der Waals surface area contributed by atoms with Gasteiger partial charge in [-0.2, -0.15) is 5.10 Å². The van der Waals surface area contributed by atoms with Crippen molar-refractivity contribution < 1.29 is 4.79 Å². The molecule has 1 saturated carbocycles. The summed E-state index contributed by atoms with van der Waals surface area (Å²) in [6.07, 6.45) is 11.4. The molecule has 1 spiro atoms. The molecule has 0 radical (unpaired) electrons. The van der Waals surface area contributed by atoms with Crippen LogP contribution in [-0.2, 0) is 11.3 Å². The molecular formula is C20H33N5O. The second-order valence-electron chi connectivity index (χ2n) is 8.60. The Labute approximate surface area is 156 Å². The van der Waals surface area contributed by atoms with Gasteiger partial charge >= 0.3 is 0 Å². The van der Waals surface area contributed by atoms with Crippen LogP contribution in [0.1, 0.15) is 68.5 Å². The predicted octanol–water partition coefficient (Wildman–Crippen LogP) is 2.24. The van der Waals surface area contributed by atoms with Crippen molar-refractivity contribution >= 4 is 5.91 Å². The molecule has 3 aliphatic rings. The van der Waals surface area contributed by atoms with Gasteiger partial charge in [0.05, 0.1) is 6.20 Å². The average Bonchev–Trinajstić information content (AvgIpc) is 3.03. The lowest BCUT2D eigenvalue weighted by atomic mass is 9.84. The topological polar surface area (TPSA) is 64.3 Å². The summed E-state index contributed by atoms with van der Waals surface area (Å²) in [7, 11) is 2.23. The molecule has 1 atom stereocenters. The minimum absolute atomic E-state index is 0.131. The molecule has 1 aliphatic carbocycles. The second kappa shape index (κ2) is 7.69. The number of aromatic nitrogens is 2. The standard InChI is InChI=1S/C20H33N5O/c1-24-11-12-25(15-20(24)8-7-18(26)21-10-9-20)14-17-13-22-23-19(17)16-5-3-2-4-6-16/h13,16H,2-12,14-15H2,1H3,(H,21,26)(H,22,23). The fourth-order valence-electron chi connectivity index (χ4n) is 5.25. The zero-order chi connectivity index (χ0) is 18.0. The van der Waals surface area contributed by atoms with Crippen molar-refractivity contribution in [2.45, 2.75) is 69.4 Å². The molecule has 0 aromatic carbocycles. The van der Waals surface area contributed by atoms with Gasteiger partial charge in [-0.25, -0.2) is 0 Å². The largest absolute Gasteiger partial charge is 0.356 e. The molecule has 2 N–H and O–H groups in total. The van der Waals surface area contributed by atoms with E-state index in [4.69, 9.17) is 0 Å². The predicted molar refractivity (Wildman–Crippen MR) is 102 cm³/mol. The number of nitrogens with one attached hydrogen (secondary N) is 2. The first kappa shape index (κ1) is 18.0. The van der Waals surface area contributed by atoms with Crippen molar-refractivity contribution in [3.8, 4) is 0 Å². The second-order valence-corrected chi connectivity index (χ2v) is 8.60. The van der Waals surface area contributed by atoms with Crippen LogP contribution >= 0.6 is 0 Å². The normalized spacial score (nSPS) is 29.7. The van der Waals surface area contributed by atoms with E-state index in [2.05, 4.69) is 32.4 Å². The maximum Gasteiger partial charge on any atom is 0.220 e. The fourth-order valence-corrected chi connectivity index (χ4v) is 5.25. The Kier molecular flexibility index (Phi) is 5.32. The summed E-state index contributed by atoms with van der Waals surface area (Å²) in [5, 5.41) is 10.8. The summed E-state index contributed by atoms with van der Waals surface area (Å²) in [5.74, 6) is 0.879. The van der Waals surface area contributed by atoms with Crippen molar-refractivity contribution in [1.29, 1.82) is 0 Å². The Morgan fingerprint density at radius 3 is 2.92 bits per heavy atom. The van der Waals surface area contributed by atoms with E-state index in [0.717, 1.165) is 45.6 Å². The molecule has 3 fully saturated rings. The van der Waals surface area contributed by atoms with Gasteiger partial charge in [-0.1, -0.05) is 19.3 Å². The van der Waals surface area contributed by atoms with E-state index in [0.29, 0.717) is 12.3 Å². The van der Waals surface area contributed by atoms with Crippen LogP contribution in [0, 0.1) is 0 Å². The van der Waals surface area contributed by atoms with E-state index >= 15 is 0 Å². The van der Waals surface area contributed by atoms with Crippen LogP contribution in [0.25, 0.3) is 0 Å². The van der Waals surface area contributed by atoms with E-state index < -0.39 is 0 Å². The Morgan fingerprint density at radius 2 is 2.08 bits per heavy atom. The van der Waals surface area contributed by atoms with Gasteiger partial charge in [-0.3, -0.25) is 19.7 Å². The van der Waals surface area contributed by atoms with E-state index in [-0.39, 0.29) is 11.4 Å². The number of hydrogen-bond donors (Lipinski definition) is 2. The van der Waals surface area contributed by atoms with E-state index in [9.17, 15) is 4.79 Å². The van der Waals surface area contributed by atoms with Gasteiger partial charge < -0.3 is 5.32 Å². The number of piperazine rings is 1. The number of aromatic amines is 1. The summed E-state index contributed by atoms with van der Waals surface area (Å²) >= 11 is 0. The molecule has 2 saturated heterocycles. The summed E-state index contributed by atoms with van der Waals surface area (Å²) in [5.41, 5.74) is 2.90. The van der Waals surface area contributed by atoms with Crippen LogP contribution in [0.2, 0.25) is 0 Å². The Balaban J connectivity index is 1.46. The zero-order valence-corrected chi connectivity index (χ0v) is 16.1. The lowest BCUT2D eigenvalue weighted by Crippen LogP contribution is -2.60. The summed E-state index contributed by atoms with van der Waals surface area (Å²) in [6, 6.07) is 0. The van der Waals surface area contributed by atoms with Gasteiger partial charge in [0.15, 0.2) is 0 Å². The monoisotopic (exact) mass is 359 g/mol. The highest BCUT2D eigenvalue weighted by Gasteiger charge is 2.41. The third-order valence-electron chi connectivity index (χ3n) is 6.97. The molecule has 1 aromatic rings. The number of hydrogen-bond acceptors (Lipinski definition) is 4. The van der Waals surface area contributed by atoms with E-state index in [1.807, 2.05) is 6.20 Å². The third kappa shape index (κ3) is 3.67. The first-order valence-corrected chi connectivity index (χ1v) is 10.4. The highest BCUT2D eigenvalue weighted by Crippen LogP contribution is 2.35. The number of carbonyl (C=O) groups excluding carboxylic acids is 1. The number of amides is 1. The molecule has 3 heterocycles. The minimum Gasteiger partial charge on any atom is -0.356 e. The molecular weight excluding hydrogens is 326 g/mol. The molecule has 4 rings (SSSR count). The Bertz CT molecular complexity index is 623. The molecule has 1 amide bonds. The molecule has 6 nitrogen and oxygen atoms in total. The van der Waals surface area contributed by atoms with Crippen LogP contribution in [0.15, 0.2) is 6.20 Å². The smallest absolute Gasteiger partial charge is 0.220 e. The highest BCUT2D eigenvalue weighted by atomic mass is 16.1. The SMILES string of the molecule is CN1CCN(Cc2cn[nH]c2C2CCCCC2)CC12CCNC(=O)CC2. The maximum absolute atomic E-state index is 11.8. The molecule has 1 unspecified atom stereocenters. The third-order valence-corrected chi connectivity index (χ3v) is 6.97. The lowest BCUT2D eigenvalue weighted by molar-refractivity contribution is -0.121. The van der Waals surface area contributed by atoms with Crippen molar-refractivity contribution in [1.82, 2.24) is 25.3 Å². The number of rotatable bonds is 3. The fraction of sp³-hybridized carbons (Fsp3) is 0.800. The number of carbonyl (C=O) groups is 1. The van der Waals surface area contributed by atoms with Gasteiger partial charge in [-0.05, 0) is 32.7 Å². The van der Waals surface area contributed by atoms with Crippen LogP contribution in [0.3, 0.4) is 0 Å². The zero-order valence-electron chi connectivity index (χ0n) is 16.1. The van der Waals surface area contributed by atoms with E-state index in [1.165, 1.54) is 43.4 Å². The molecule has 26 heavy (non-hydrogen) atoms. The maximum atomic E-state index is 11.8. The highest BCUT2D eigenvalue weighted by molar-refractivity contribution is 5.76. The van der Waals surface area contributed by atoms with Gasteiger partial charge in [0, 0.05) is 61.9 Å². The summed E-state index contributed by atoms with van der Waals surface area (Å²) < 4.78 is 0. The molecule has 2 aliphatic heterocycles. The van der Waals surface area contributed by atoms with Gasteiger partial charge in [0.1, 0.15) is 0 Å². The summed E-state index contributed by atoms with van der Waals surface area (Å²) in [6.45, 7) is 5.00. The van der Waals surface area contributed by atoms with Gasteiger partial charge in [0.2, 0.25) is 5.91 Å². The number of nitrogens with zero attached hydrogens (tertiary/aromatic N) is 3. The number of H-pyrrole nitrogens is 1. The van der Waals surface area contributed by atoms with Crippen molar-refractivity contribution in [2.75, 3.05) is 33.2 Å². The van der Waals surface area contributed by atoms with Crippen molar-refractivity contribution in [3.63, 3.8) is 0 Å². The first-order chi connectivity index (χ1) is 12.7. The number of likely N-dealkylation sites (N-methyl/N-ethyl adjacent to an activating group) is 1. The molecule has 144 valence electrons. The molecule has 0 bridgehead atoms. The Morgan fingerprint density at radius 1 is 1.23 bits per heavy atom. The quantitative estimate of drug-likeness (QED) is 0.869. The van der Waals surface area contributed by atoms with Crippen LogP contribution in [0.4, 0.5) is 0 Å². The lowest BCUT2D eigenvalue weighted by Gasteiger charge is -2.49. The van der Waals surface area contributed by atoms with Crippen molar-refractivity contribution in [2.24, 2.45) is 0 Å². The van der Waals surface area contributed by atoms with E-state index in [1.54, 1.807) is 0 Å². The van der Waals surface area contributed by atoms with Gasteiger partial charge in [-0.15, -0.1) is 0 Å². The first-order valence-electron chi connectivity index (χ1n) is 10.4. The van der Waals surface area contributed by atoms with Gasteiger partial charge in [0.25, 0.3) is 0 Å². The van der Waals surface area contributed by atoms with Crippen LogP contribution in [0.5, 0.6) is 0 Å². The Hall–Kier alpha value is -1.40. The average molecular weight is 360 g/mol. The summed E-state index contributed by atoms with van der Waals surface area (Å²) in [4.78, 5) is 16.9. The molecule has 6 heteroatoms. The van der Waals surface area contributed by atoms with Crippen molar-refractivity contribution in [3.05, 3.63) is 17.5 Å². The minimum atomic E-state index is 0.131. The van der Waals surface area contributed by atoms with Crippen LogP contribution < -0.4 is 5.32 Å². The molecule has 1 aromatic heterocycles.